The Morgan fingerprint density at radius 2 is 2.12 bits per heavy atom. The number of thiazole rings is 1. The molecule has 0 fully saturated rings. The van der Waals surface area contributed by atoms with E-state index in [0.717, 1.165) is 11.3 Å². The summed E-state index contributed by atoms with van der Waals surface area (Å²) in [5.41, 5.74) is 0.550. The Kier molecular flexibility index (Phi) is 5.27. The summed E-state index contributed by atoms with van der Waals surface area (Å²) in [5.74, 6) is -1.52. The molecule has 2 aromatic heterocycles. The van der Waals surface area contributed by atoms with Gasteiger partial charge in [0.05, 0.1) is 16.8 Å². The molecule has 7 nitrogen and oxygen atoms in total. The highest BCUT2D eigenvalue weighted by molar-refractivity contribution is 7.16. The third-order valence-electron chi connectivity index (χ3n) is 3.68. The van der Waals surface area contributed by atoms with Crippen LogP contribution in [0.4, 0.5) is 4.39 Å². The Bertz CT molecular complexity index is 1030. The van der Waals surface area contributed by atoms with Crippen LogP contribution in [0, 0.1) is 5.82 Å². The number of aryl methyl sites for hydroxylation is 1. The SMILES string of the molecule is CCOC(=O)Cn1c(=NC(=O)c2ccnn2CC)sc2cccc(F)c21. The van der Waals surface area contributed by atoms with Crippen LogP contribution in [0.1, 0.15) is 24.3 Å². The van der Waals surface area contributed by atoms with Gasteiger partial charge in [0.1, 0.15) is 18.1 Å². The maximum absolute atomic E-state index is 14.3. The number of aromatic nitrogens is 3. The Balaban J connectivity index is 2.14. The lowest BCUT2D eigenvalue weighted by molar-refractivity contribution is -0.143. The fourth-order valence-electron chi connectivity index (χ4n) is 2.57. The fraction of sp³-hybridized carbons (Fsp3) is 0.294. The van der Waals surface area contributed by atoms with Gasteiger partial charge in [0.15, 0.2) is 4.80 Å². The molecule has 0 atom stereocenters. The minimum Gasteiger partial charge on any atom is -0.465 e. The number of benzene rings is 1. The lowest BCUT2D eigenvalue weighted by Crippen LogP contribution is -2.24. The highest BCUT2D eigenvalue weighted by Crippen LogP contribution is 2.20. The number of hydrogen-bond acceptors (Lipinski definition) is 5. The van der Waals surface area contributed by atoms with Gasteiger partial charge in [-0.3, -0.25) is 14.3 Å². The first-order chi connectivity index (χ1) is 12.5. The molecule has 2 heterocycles. The van der Waals surface area contributed by atoms with E-state index in [0.29, 0.717) is 16.9 Å². The molecular formula is C17H17FN4O3S. The summed E-state index contributed by atoms with van der Waals surface area (Å²) in [6.45, 7) is 4.06. The molecule has 3 rings (SSSR count). The van der Waals surface area contributed by atoms with Gasteiger partial charge in [0.2, 0.25) is 0 Å². The van der Waals surface area contributed by atoms with Crippen molar-refractivity contribution in [2.24, 2.45) is 4.99 Å². The molecule has 9 heteroatoms. The van der Waals surface area contributed by atoms with E-state index in [9.17, 15) is 14.0 Å². The number of carbonyl (C=O) groups excluding carboxylic acids is 2. The van der Waals surface area contributed by atoms with Crippen molar-refractivity contribution < 1.29 is 18.7 Å². The van der Waals surface area contributed by atoms with Crippen LogP contribution in [0.3, 0.4) is 0 Å². The van der Waals surface area contributed by atoms with Gasteiger partial charge in [-0.15, -0.1) is 0 Å². The molecule has 0 aliphatic carbocycles. The maximum Gasteiger partial charge on any atom is 0.326 e. The van der Waals surface area contributed by atoms with Crippen molar-refractivity contribution in [3.05, 3.63) is 46.8 Å². The topological polar surface area (TPSA) is 78.5 Å². The first-order valence-corrected chi connectivity index (χ1v) is 8.91. The summed E-state index contributed by atoms with van der Waals surface area (Å²) in [5, 5.41) is 4.05. The van der Waals surface area contributed by atoms with Crippen LogP contribution in [-0.2, 0) is 22.6 Å². The van der Waals surface area contributed by atoms with E-state index in [4.69, 9.17) is 4.74 Å². The van der Waals surface area contributed by atoms with Gasteiger partial charge >= 0.3 is 5.97 Å². The number of halogens is 1. The number of rotatable bonds is 5. The van der Waals surface area contributed by atoms with E-state index in [2.05, 4.69) is 10.1 Å². The summed E-state index contributed by atoms with van der Waals surface area (Å²) in [6, 6.07) is 6.15. The van der Waals surface area contributed by atoms with E-state index < -0.39 is 17.7 Å². The molecule has 1 aromatic carbocycles. The Morgan fingerprint density at radius 3 is 2.85 bits per heavy atom. The number of fused-ring (bicyclic) bond motifs is 1. The zero-order chi connectivity index (χ0) is 18.7. The molecule has 0 aliphatic rings. The van der Waals surface area contributed by atoms with Crippen molar-refractivity contribution in [1.29, 1.82) is 0 Å². The Labute approximate surface area is 152 Å². The number of nitrogens with zero attached hydrogens (tertiary/aromatic N) is 4. The van der Waals surface area contributed by atoms with Crippen LogP contribution in [0.15, 0.2) is 35.5 Å². The molecule has 0 saturated carbocycles. The van der Waals surface area contributed by atoms with Crippen LogP contribution in [-0.4, -0.2) is 32.8 Å². The smallest absolute Gasteiger partial charge is 0.326 e. The first-order valence-electron chi connectivity index (χ1n) is 8.09. The molecule has 3 aromatic rings. The van der Waals surface area contributed by atoms with Crippen molar-refractivity contribution >= 4 is 33.4 Å². The number of esters is 1. The van der Waals surface area contributed by atoms with Crippen molar-refractivity contribution in [3.63, 3.8) is 0 Å². The van der Waals surface area contributed by atoms with Gasteiger partial charge in [0, 0.05) is 12.7 Å². The molecule has 0 unspecified atom stereocenters. The normalized spacial score (nSPS) is 11.9. The number of hydrogen-bond donors (Lipinski definition) is 0. The quantitative estimate of drug-likeness (QED) is 0.641. The summed E-state index contributed by atoms with van der Waals surface area (Å²) >= 11 is 1.14. The summed E-state index contributed by atoms with van der Waals surface area (Å²) in [4.78, 5) is 28.8. The molecule has 1 amide bonds. The molecule has 0 aliphatic heterocycles. The molecule has 0 radical (unpaired) electrons. The number of ether oxygens (including phenoxy) is 1. The van der Waals surface area contributed by atoms with Gasteiger partial charge < -0.3 is 9.30 Å². The number of para-hydroxylation sites is 1. The van der Waals surface area contributed by atoms with Crippen molar-refractivity contribution in [2.75, 3.05) is 6.61 Å². The maximum atomic E-state index is 14.3. The molecule has 26 heavy (non-hydrogen) atoms. The highest BCUT2D eigenvalue weighted by Gasteiger charge is 2.16. The van der Waals surface area contributed by atoms with Crippen LogP contribution < -0.4 is 4.80 Å². The standard InChI is InChI=1S/C17H17FN4O3S/c1-3-22-12(8-9-19-22)16(24)20-17-21(10-14(23)25-4-2)15-11(18)6-5-7-13(15)26-17/h5-9H,3-4,10H2,1-2H3. The average molecular weight is 376 g/mol. The third kappa shape index (κ3) is 3.43. The van der Waals surface area contributed by atoms with Crippen LogP contribution in [0.25, 0.3) is 10.2 Å². The minimum atomic E-state index is -0.525. The second-order valence-corrected chi connectivity index (χ2v) is 6.32. The van der Waals surface area contributed by atoms with E-state index in [1.54, 1.807) is 25.1 Å². The minimum absolute atomic E-state index is 0.213. The number of carbonyl (C=O) groups is 2. The van der Waals surface area contributed by atoms with Crippen LogP contribution in [0.2, 0.25) is 0 Å². The molecule has 0 saturated heterocycles. The second kappa shape index (κ2) is 7.61. The fourth-order valence-corrected chi connectivity index (χ4v) is 3.61. The van der Waals surface area contributed by atoms with Gasteiger partial charge in [-0.25, -0.2) is 4.39 Å². The lowest BCUT2D eigenvalue weighted by Gasteiger charge is -2.05. The Hall–Kier alpha value is -2.81. The van der Waals surface area contributed by atoms with Crippen molar-refractivity contribution in [1.82, 2.24) is 14.3 Å². The molecule has 0 bridgehead atoms. The average Bonchev–Trinajstić information content (AvgIpc) is 3.21. The summed E-state index contributed by atoms with van der Waals surface area (Å²) < 4.78 is 22.8. The van der Waals surface area contributed by atoms with Crippen LogP contribution in [0.5, 0.6) is 0 Å². The monoisotopic (exact) mass is 376 g/mol. The van der Waals surface area contributed by atoms with E-state index in [1.165, 1.54) is 21.5 Å². The second-order valence-electron chi connectivity index (χ2n) is 5.31. The van der Waals surface area contributed by atoms with Gasteiger partial charge in [-0.1, -0.05) is 17.4 Å². The van der Waals surface area contributed by atoms with Gasteiger partial charge in [0.25, 0.3) is 5.91 Å². The van der Waals surface area contributed by atoms with E-state index in [-0.39, 0.29) is 23.5 Å². The zero-order valence-corrected chi connectivity index (χ0v) is 15.1. The van der Waals surface area contributed by atoms with Crippen LogP contribution >= 0.6 is 11.3 Å². The summed E-state index contributed by atoms with van der Waals surface area (Å²) in [7, 11) is 0. The molecule has 0 N–H and O–H groups in total. The lowest BCUT2D eigenvalue weighted by atomic mass is 10.3. The highest BCUT2D eigenvalue weighted by atomic mass is 32.1. The van der Waals surface area contributed by atoms with E-state index >= 15 is 0 Å². The third-order valence-corrected chi connectivity index (χ3v) is 4.72. The molecule has 0 spiro atoms. The summed E-state index contributed by atoms with van der Waals surface area (Å²) in [6.07, 6.45) is 1.52. The van der Waals surface area contributed by atoms with E-state index in [1.807, 2.05) is 6.92 Å². The zero-order valence-electron chi connectivity index (χ0n) is 14.3. The Morgan fingerprint density at radius 1 is 1.31 bits per heavy atom. The van der Waals surface area contributed by atoms with Gasteiger partial charge in [-0.2, -0.15) is 10.1 Å². The molecular weight excluding hydrogens is 359 g/mol. The first kappa shape index (κ1) is 18.0. The largest absolute Gasteiger partial charge is 0.465 e. The van der Waals surface area contributed by atoms with Crippen molar-refractivity contribution in [3.8, 4) is 0 Å². The van der Waals surface area contributed by atoms with Crippen molar-refractivity contribution in [2.45, 2.75) is 26.9 Å². The van der Waals surface area contributed by atoms with Gasteiger partial charge in [-0.05, 0) is 32.0 Å². The number of amides is 1. The molecule has 136 valence electrons. The predicted octanol–water partition coefficient (Wildman–Crippen LogP) is 2.36. The predicted molar refractivity (Wildman–Crippen MR) is 94.2 cm³/mol.